The monoisotopic (exact) mass is 158 g/mol. The summed E-state index contributed by atoms with van der Waals surface area (Å²) >= 11 is 0. The van der Waals surface area contributed by atoms with Gasteiger partial charge in [0.2, 0.25) is 0 Å². The number of aliphatic hydroxyl groups is 1. The van der Waals surface area contributed by atoms with Crippen molar-refractivity contribution in [1.29, 1.82) is 0 Å². The Morgan fingerprint density at radius 3 is 2.36 bits per heavy atom. The van der Waals surface area contributed by atoms with Crippen LogP contribution in [0.4, 0.5) is 0 Å². The predicted octanol–water partition coefficient (Wildman–Crippen LogP) is 1.72. The molecule has 1 saturated carbocycles. The van der Waals surface area contributed by atoms with Gasteiger partial charge in [-0.15, -0.1) is 0 Å². The first-order valence-electron chi connectivity index (χ1n) is 4.48. The van der Waals surface area contributed by atoms with Crippen molar-refractivity contribution in [3.8, 4) is 0 Å². The second-order valence-corrected chi connectivity index (χ2v) is 3.44. The van der Waals surface area contributed by atoms with Crippen LogP contribution in [0.2, 0.25) is 0 Å². The van der Waals surface area contributed by atoms with Crippen molar-refractivity contribution in [2.24, 2.45) is 0 Å². The summed E-state index contributed by atoms with van der Waals surface area (Å²) in [5.41, 5.74) is -0.510. The van der Waals surface area contributed by atoms with Crippen molar-refractivity contribution in [2.75, 3.05) is 7.11 Å². The van der Waals surface area contributed by atoms with E-state index in [9.17, 15) is 5.11 Å². The molecular formula is C9H18O2. The van der Waals surface area contributed by atoms with Crippen molar-refractivity contribution < 1.29 is 9.84 Å². The summed E-state index contributed by atoms with van der Waals surface area (Å²) in [6.07, 6.45) is 5.09. The van der Waals surface area contributed by atoms with Gasteiger partial charge in [-0.25, -0.2) is 0 Å². The average molecular weight is 158 g/mol. The van der Waals surface area contributed by atoms with Crippen LogP contribution < -0.4 is 0 Å². The summed E-state index contributed by atoms with van der Waals surface area (Å²) in [6, 6.07) is 0. The van der Waals surface area contributed by atoms with Crippen molar-refractivity contribution in [1.82, 2.24) is 0 Å². The van der Waals surface area contributed by atoms with Crippen LogP contribution in [-0.4, -0.2) is 23.9 Å². The molecule has 1 N–H and O–H groups in total. The Morgan fingerprint density at radius 2 is 2.00 bits per heavy atom. The Labute approximate surface area is 68.6 Å². The quantitative estimate of drug-likeness (QED) is 0.677. The van der Waals surface area contributed by atoms with Gasteiger partial charge in [0, 0.05) is 7.11 Å². The maximum absolute atomic E-state index is 10.0. The third-order valence-corrected chi connectivity index (χ3v) is 2.72. The molecule has 0 amide bonds. The number of hydrogen-bond acceptors (Lipinski definition) is 2. The molecule has 0 saturated heterocycles. The van der Waals surface area contributed by atoms with E-state index in [4.69, 9.17) is 4.74 Å². The number of rotatable bonds is 3. The summed E-state index contributed by atoms with van der Waals surface area (Å²) in [7, 11) is 1.68. The highest BCUT2D eigenvalue weighted by molar-refractivity contribution is 4.90. The molecular weight excluding hydrogens is 140 g/mol. The van der Waals surface area contributed by atoms with Crippen molar-refractivity contribution in [3.63, 3.8) is 0 Å². The molecule has 1 aliphatic carbocycles. The predicted molar refractivity (Wildman–Crippen MR) is 44.5 cm³/mol. The molecule has 0 aromatic heterocycles. The zero-order valence-corrected chi connectivity index (χ0v) is 7.47. The molecule has 2 nitrogen and oxygen atoms in total. The van der Waals surface area contributed by atoms with Crippen LogP contribution in [-0.2, 0) is 4.74 Å². The summed E-state index contributed by atoms with van der Waals surface area (Å²) in [5.74, 6) is 0. The zero-order valence-electron chi connectivity index (χ0n) is 7.47. The fraction of sp³-hybridized carbons (Fsp3) is 1.00. The fourth-order valence-corrected chi connectivity index (χ4v) is 2.08. The smallest absolute Gasteiger partial charge is 0.0907 e. The summed E-state index contributed by atoms with van der Waals surface area (Å²) in [4.78, 5) is 0. The largest absolute Gasteiger partial charge is 0.387 e. The van der Waals surface area contributed by atoms with Gasteiger partial charge in [-0.3, -0.25) is 0 Å². The van der Waals surface area contributed by atoms with Crippen molar-refractivity contribution in [2.45, 2.75) is 50.7 Å². The summed E-state index contributed by atoms with van der Waals surface area (Å²) in [6.45, 7) is 2.06. The Hall–Kier alpha value is -0.0800. The minimum atomic E-state index is -0.510. The van der Waals surface area contributed by atoms with Crippen LogP contribution in [0.5, 0.6) is 0 Å². The van der Waals surface area contributed by atoms with Gasteiger partial charge in [0.15, 0.2) is 0 Å². The molecule has 0 radical (unpaired) electrons. The van der Waals surface area contributed by atoms with Crippen molar-refractivity contribution >= 4 is 0 Å². The number of methoxy groups -OCH3 is 1. The molecule has 0 aliphatic heterocycles. The standard InChI is InChI=1S/C9H18O2/c1-3-8(11-2)9(10)6-4-5-7-9/h8,10H,3-7H2,1-2H3. The van der Waals surface area contributed by atoms with E-state index in [1.807, 2.05) is 0 Å². The third-order valence-electron chi connectivity index (χ3n) is 2.72. The second kappa shape index (κ2) is 3.55. The van der Waals surface area contributed by atoms with Gasteiger partial charge in [0.25, 0.3) is 0 Å². The lowest BCUT2D eigenvalue weighted by Gasteiger charge is -2.30. The lowest BCUT2D eigenvalue weighted by atomic mass is 9.93. The van der Waals surface area contributed by atoms with Gasteiger partial charge in [-0.1, -0.05) is 19.8 Å². The molecule has 0 heterocycles. The van der Waals surface area contributed by atoms with Crippen LogP contribution in [0.15, 0.2) is 0 Å². The highest BCUT2D eigenvalue weighted by Crippen LogP contribution is 2.34. The van der Waals surface area contributed by atoms with Crippen LogP contribution in [0.1, 0.15) is 39.0 Å². The number of hydrogen-bond donors (Lipinski definition) is 1. The van der Waals surface area contributed by atoms with Gasteiger partial charge in [0.1, 0.15) is 0 Å². The van der Waals surface area contributed by atoms with Gasteiger partial charge in [-0.2, -0.15) is 0 Å². The Kier molecular flexibility index (Phi) is 2.90. The normalized spacial score (nSPS) is 25.4. The van der Waals surface area contributed by atoms with Crippen LogP contribution >= 0.6 is 0 Å². The first-order valence-corrected chi connectivity index (χ1v) is 4.48. The molecule has 2 heteroatoms. The SMILES string of the molecule is CCC(OC)C1(O)CCCC1. The zero-order chi connectivity index (χ0) is 8.32. The molecule has 1 rings (SSSR count). The van der Waals surface area contributed by atoms with E-state index in [0.717, 1.165) is 32.1 Å². The fourth-order valence-electron chi connectivity index (χ4n) is 2.08. The second-order valence-electron chi connectivity index (χ2n) is 3.44. The molecule has 0 aromatic carbocycles. The summed E-state index contributed by atoms with van der Waals surface area (Å²) < 4.78 is 5.24. The summed E-state index contributed by atoms with van der Waals surface area (Å²) in [5, 5.41) is 10.0. The molecule has 1 unspecified atom stereocenters. The first-order chi connectivity index (χ1) is 5.23. The molecule has 1 aliphatic rings. The van der Waals surface area contributed by atoms with E-state index in [1.54, 1.807) is 7.11 Å². The third kappa shape index (κ3) is 1.74. The first kappa shape index (κ1) is 9.01. The lowest BCUT2D eigenvalue weighted by molar-refractivity contribution is -0.0899. The van der Waals surface area contributed by atoms with Gasteiger partial charge in [-0.05, 0) is 19.3 Å². The molecule has 0 aromatic rings. The Bertz CT molecular complexity index is 113. The van der Waals surface area contributed by atoms with E-state index in [2.05, 4.69) is 6.92 Å². The molecule has 0 bridgehead atoms. The van der Waals surface area contributed by atoms with E-state index < -0.39 is 5.60 Å². The van der Waals surface area contributed by atoms with E-state index in [0.29, 0.717) is 0 Å². The van der Waals surface area contributed by atoms with E-state index in [1.165, 1.54) is 0 Å². The maximum atomic E-state index is 10.0. The highest BCUT2D eigenvalue weighted by Gasteiger charge is 2.38. The number of ether oxygens (including phenoxy) is 1. The highest BCUT2D eigenvalue weighted by atomic mass is 16.5. The van der Waals surface area contributed by atoms with Gasteiger partial charge >= 0.3 is 0 Å². The minimum Gasteiger partial charge on any atom is -0.387 e. The van der Waals surface area contributed by atoms with Crippen LogP contribution in [0.3, 0.4) is 0 Å². The van der Waals surface area contributed by atoms with Crippen LogP contribution in [0.25, 0.3) is 0 Å². The minimum absolute atomic E-state index is 0.0463. The van der Waals surface area contributed by atoms with E-state index in [-0.39, 0.29) is 6.10 Å². The van der Waals surface area contributed by atoms with Crippen molar-refractivity contribution in [3.05, 3.63) is 0 Å². The molecule has 1 atom stereocenters. The lowest BCUT2D eigenvalue weighted by Crippen LogP contribution is -2.40. The Balaban J connectivity index is 2.53. The maximum Gasteiger partial charge on any atom is 0.0907 e. The van der Waals surface area contributed by atoms with Gasteiger partial charge < -0.3 is 9.84 Å². The molecule has 66 valence electrons. The topological polar surface area (TPSA) is 29.5 Å². The van der Waals surface area contributed by atoms with E-state index >= 15 is 0 Å². The van der Waals surface area contributed by atoms with Gasteiger partial charge in [0.05, 0.1) is 11.7 Å². The molecule has 0 spiro atoms. The average Bonchev–Trinajstić information content (AvgIpc) is 2.39. The molecule has 11 heavy (non-hydrogen) atoms. The molecule has 1 fully saturated rings. The Morgan fingerprint density at radius 1 is 1.45 bits per heavy atom. The van der Waals surface area contributed by atoms with Crippen LogP contribution in [0, 0.1) is 0 Å².